The summed E-state index contributed by atoms with van der Waals surface area (Å²) in [6.45, 7) is 1.27. The Labute approximate surface area is 157 Å². The number of hydrogen-bond acceptors (Lipinski definition) is 7. The first-order valence-electron chi connectivity index (χ1n) is 8.15. The van der Waals surface area contributed by atoms with Crippen LogP contribution in [0.1, 0.15) is 23.7 Å². The standard InChI is InChI=1S/C18H23N3O6/c1-12(18(24)21(2)7-5-6-19)27-16(22)11-20-17(23)13-8-14(25-3)10-15(9-13)26-4/h8-10,12H,5,7,11H2,1-4H3,(H,20,23)/t12-/m1/s1. The third kappa shape index (κ3) is 6.86. The molecule has 0 aliphatic heterocycles. The number of ether oxygens (including phenoxy) is 3. The molecular formula is C18H23N3O6. The van der Waals surface area contributed by atoms with Gasteiger partial charge >= 0.3 is 5.97 Å². The van der Waals surface area contributed by atoms with Gasteiger partial charge in [0, 0.05) is 25.2 Å². The molecule has 0 aromatic heterocycles. The topological polar surface area (TPSA) is 118 Å². The zero-order valence-electron chi connectivity index (χ0n) is 15.8. The highest BCUT2D eigenvalue weighted by atomic mass is 16.5. The van der Waals surface area contributed by atoms with Crippen LogP contribution in [0.5, 0.6) is 11.5 Å². The molecule has 1 N–H and O–H groups in total. The molecule has 0 spiro atoms. The van der Waals surface area contributed by atoms with Crippen LogP contribution < -0.4 is 14.8 Å². The smallest absolute Gasteiger partial charge is 0.326 e. The lowest BCUT2D eigenvalue weighted by molar-refractivity contribution is -0.157. The van der Waals surface area contributed by atoms with Crippen molar-refractivity contribution in [2.45, 2.75) is 19.4 Å². The van der Waals surface area contributed by atoms with Gasteiger partial charge in [-0.25, -0.2) is 0 Å². The van der Waals surface area contributed by atoms with Crippen LogP contribution in [0.2, 0.25) is 0 Å². The van der Waals surface area contributed by atoms with E-state index in [1.54, 1.807) is 6.07 Å². The molecule has 1 aromatic carbocycles. The third-order valence-electron chi connectivity index (χ3n) is 3.60. The van der Waals surface area contributed by atoms with Gasteiger partial charge in [0.1, 0.15) is 18.0 Å². The minimum absolute atomic E-state index is 0.183. The van der Waals surface area contributed by atoms with Crippen molar-refractivity contribution in [3.63, 3.8) is 0 Å². The van der Waals surface area contributed by atoms with Crippen LogP contribution in [0.15, 0.2) is 18.2 Å². The second-order valence-corrected chi connectivity index (χ2v) is 5.58. The van der Waals surface area contributed by atoms with E-state index in [1.165, 1.54) is 45.2 Å². The summed E-state index contributed by atoms with van der Waals surface area (Å²) in [4.78, 5) is 37.4. The summed E-state index contributed by atoms with van der Waals surface area (Å²) in [6, 6.07) is 6.54. The van der Waals surface area contributed by atoms with Crippen LogP contribution in [0.25, 0.3) is 0 Å². The largest absolute Gasteiger partial charge is 0.497 e. The minimum Gasteiger partial charge on any atom is -0.497 e. The molecule has 1 rings (SSSR count). The van der Waals surface area contributed by atoms with E-state index in [0.717, 1.165) is 0 Å². The number of likely N-dealkylation sites (N-methyl/N-ethyl adjacent to an activating group) is 1. The molecular weight excluding hydrogens is 354 g/mol. The quantitative estimate of drug-likeness (QED) is 0.631. The normalized spacial score (nSPS) is 10.9. The van der Waals surface area contributed by atoms with E-state index < -0.39 is 30.4 Å². The molecule has 0 bridgehead atoms. The molecule has 1 atom stereocenters. The number of methoxy groups -OCH3 is 2. The van der Waals surface area contributed by atoms with E-state index in [0.29, 0.717) is 11.5 Å². The Hall–Kier alpha value is -3.28. The van der Waals surface area contributed by atoms with Crippen LogP contribution in [-0.2, 0) is 14.3 Å². The van der Waals surface area contributed by atoms with Gasteiger partial charge in [0.2, 0.25) is 0 Å². The summed E-state index contributed by atoms with van der Waals surface area (Å²) in [5.74, 6) is -0.840. The summed E-state index contributed by atoms with van der Waals surface area (Å²) in [7, 11) is 4.43. The molecule has 0 unspecified atom stereocenters. The number of amides is 2. The van der Waals surface area contributed by atoms with Gasteiger partial charge in [-0.05, 0) is 19.1 Å². The van der Waals surface area contributed by atoms with Gasteiger partial charge in [0.25, 0.3) is 11.8 Å². The molecule has 0 aliphatic carbocycles. The van der Waals surface area contributed by atoms with Gasteiger partial charge in [-0.1, -0.05) is 0 Å². The lowest BCUT2D eigenvalue weighted by atomic mass is 10.2. The van der Waals surface area contributed by atoms with Gasteiger partial charge in [0.15, 0.2) is 6.10 Å². The van der Waals surface area contributed by atoms with Gasteiger partial charge in [-0.3, -0.25) is 14.4 Å². The fraction of sp³-hybridized carbons (Fsp3) is 0.444. The number of rotatable bonds is 9. The minimum atomic E-state index is -1.02. The maximum Gasteiger partial charge on any atom is 0.326 e. The van der Waals surface area contributed by atoms with Crippen molar-refractivity contribution >= 4 is 17.8 Å². The lowest BCUT2D eigenvalue weighted by Gasteiger charge is -2.20. The summed E-state index contributed by atoms with van der Waals surface area (Å²) in [5, 5.41) is 11.0. The van der Waals surface area contributed by atoms with Crippen molar-refractivity contribution in [3.05, 3.63) is 23.8 Å². The van der Waals surface area contributed by atoms with E-state index in [1.807, 2.05) is 6.07 Å². The van der Waals surface area contributed by atoms with Gasteiger partial charge in [0.05, 0.1) is 26.7 Å². The van der Waals surface area contributed by atoms with Crippen molar-refractivity contribution in [3.8, 4) is 17.6 Å². The van der Waals surface area contributed by atoms with E-state index in [2.05, 4.69) is 5.32 Å². The zero-order valence-corrected chi connectivity index (χ0v) is 15.8. The Morgan fingerprint density at radius 3 is 2.30 bits per heavy atom. The maximum absolute atomic E-state index is 12.2. The van der Waals surface area contributed by atoms with Crippen LogP contribution >= 0.6 is 0 Å². The van der Waals surface area contributed by atoms with Crippen molar-refractivity contribution < 1.29 is 28.6 Å². The van der Waals surface area contributed by atoms with Crippen molar-refractivity contribution in [2.24, 2.45) is 0 Å². The Bertz CT molecular complexity index is 706. The first-order valence-corrected chi connectivity index (χ1v) is 8.15. The van der Waals surface area contributed by atoms with E-state index in [-0.39, 0.29) is 18.5 Å². The molecule has 146 valence electrons. The average molecular weight is 377 g/mol. The fourth-order valence-corrected chi connectivity index (χ4v) is 2.12. The predicted octanol–water partition coefficient (Wildman–Crippen LogP) is 0.737. The number of nitrogens with one attached hydrogen (secondary N) is 1. The second-order valence-electron chi connectivity index (χ2n) is 5.58. The van der Waals surface area contributed by atoms with E-state index >= 15 is 0 Å². The molecule has 0 saturated heterocycles. The molecule has 2 amide bonds. The van der Waals surface area contributed by atoms with Gasteiger partial charge in [-0.2, -0.15) is 5.26 Å². The van der Waals surface area contributed by atoms with Crippen LogP contribution in [0.3, 0.4) is 0 Å². The Morgan fingerprint density at radius 2 is 1.78 bits per heavy atom. The number of nitrogens with zero attached hydrogens (tertiary/aromatic N) is 2. The summed E-state index contributed by atoms with van der Waals surface area (Å²) >= 11 is 0. The molecule has 27 heavy (non-hydrogen) atoms. The Morgan fingerprint density at radius 1 is 1.19 bits per heavy atom. The SMILES string of the molecule is COc1cc(OC)cc(C(=O)NCC(=O)O[C@H](C)C(=O)N(C)CCC#N)c1. The molecule has 9 heteroatoms. The number of benzene rings is 1. The highest BCUT2D eigenvalue weighted by molar-refractivity contribution is 5.96. The Balaban J connectivity index is 2.58. The number of hydrogen-bond donors (Lipinski definition) is 1. The highest BCUT2D eigenvalue weighted by Crippen LogP contribution is 2.22. The molecule has 0 aliphatic rings. The molecule has 0 saturated carbocycles. The fourth-order valence-electron chi connectivity index (χ4n) is 2.12. The first-order chi connectivity index (χ1) is 12.8. The van der Waals surface area contributed by atoms with Crippen LogP contribution in [0.4, 0.5) is 0 Å². The third-order valence-corrected chi connectivity index (χ3v) is 3.60. The van der Waals surface area contributed by atoms with Crippen molar-refractivity contribution in [1.82, 2.24) is 10.2 Å². The predicted molar refractivity (Wildman–Crippen MR) is 95.3 cm³/mol. The van der Waals surface area contributed by atoms with Gasteiger partial charge < -0.3 is 24.4 Å². The van der Waals surface area contributed by atoms with Crippen LogP contribution in [-0.4, -0.2) is 63.1 Å². The summed E-state index contributed by atoms with van der Waals surface area (Å²) in [6.07, 6.45) is -0.835. The second kappa shape index (κ2) is 10.7. The van der Waals surface area contributed by atoms with E-state index in [9.17, 15) is 14.4 Å². The summed E-state index contributed by atoms with van der Waals surface area (Å²) < 4.78 is 15.2. The molecule has 9 nitrogen and oxygen atoms in total. The van der Waals surface area contributed by atoms with Crippen molar-refractivity contribution in [2.75, 3.05) is 34.4 Å². The molecule has 1 aromatic rings. The summed E-state index contributed by atoms with van der Waals surface area (Å²) in [5.41, 5.74) is 0.249. The van der Waals surface area contributed by atoms with Gasteiger partial charge in [-0.15, -0.1) is 0 Å². The molecule has 0 heterocycles. The molecule has 0 fully saturated rings. The highest BCUT2D eigenvalue weighted by Gasteiger charge is 2.21. The molecule has 0 radical (unpaired) electrons. The number of carbonyl (C=O) groups excluding carboxylic acids is 3. The Kier molecular flexibility index (Phi) is 8.59. The number of carbonyl (C=O) groups is 3. The van der Waals surface area contributed by atoms with Crippen LogP contribution in [0, 0.1) is 11.3 Å². The first kappa shape index (κ1) is 21.8. The number of nitriles is 1. The monoisotopic (exact) mass is 377 g/mol. The zero-order chi connectivity index (χ0) is 20.4. The maximum atomic E-state index is 12.2. The number of esters is 1. The van der Waals surface area contributed by atoms with E-state index in [4.69, 9.17) is 19.5 Å². The lowest BCUT2D eigenvalue weighted by Crippen LogP contribution is -2.40. The average Bonchev–Trinajstić information content (AvgIpc) is 2.68. The van der Waals surface area contributed by atoms with Crippen molar-refractivity contribution in [1.29, 1.82) is 5.26 Å².